The molecule has 1 heterocycles. The number of aryl methyl sites for hydroxylation is 1. The summed E-state index contributed by atoms with van der Waals surface area (Å²) in [5, 5.41) is 15.0. The largest absolute Gasteiger partial charge is 0.469 e. The van der Waals surface area contributed by atoms with Gasteiger partial charge in [0, 0.05) is 23.3 Å². The number of nitrogens with zero attached hydrogens (tertiary/aromatic N) is 3. The lowest BCUT2D eigenvalue weighted by Gasteiger charge is -2.19. The zero-order valence-corrected chi connectivity index (χ0v) is 13.8. The third kappa shape index (κ3) is 2.93. The molecule has 0 aliphatic rings. The Hall–Kier alpha value is -1.87. The maximum Gasteiger partial charge on any atom is 0.305 e. The van der Waals surface area contributed by atoms with Crippen LogP contribution in [0.5, 0.6) is 0 Å². The van der Waals surface area contributed by atoms with Gasteiger partial charge in [-0.05, 0) is 31.5 Å². The van der Waals surface area contributed by atoms with Gasteiger partial charge >= 0.3 is 5.97 Å². The first-order valence-corrected chi connectivity index (χ1v) is 7.31. The maximum absolute atomic E-state index is 11.4. The molecular weight excluding hydrogens is 334 g/mol. The summed E-state index contributed by atoms with van der Waals surface area (Å²) < 4.78 is 7.36. The summed E-state index contributed by atoms with van der Waals surface area (Å²) >= 11 is 3.44. The fourth-order valence-electron chi connectivity index (χ4n) is 2.32. The molecule has 2 aromatic rings. The summed E-state index contributed by atoms with van der Waals surface area (Å²) in [5.41, 5.74) is 0.805. The van der Waals surface area contributed by atoms with Gasteiger partial charge in [0.05, 0.1) is 29.8 Å². The van der Waals surface area contributed by atoms with Crippen molar-refractivity contribution >= 4 is 32.8 Å². The first-order valence-electron chi connectivity index (χ1n) is 6.52. The number of halogens is 1. The number of fused-ring (bicyclic) bond motifs is 1. The fourth-order valence-corrected chi connectivity index (χ4v) is 2.67. The lowest BCUT2D eigenvalue weighted by molar-refractivity contribution is -0.140. The molecule has 0 radical (unpaired) electrons. The molecule has 0 N–H and O–H groups in total. The monoisotopic (exact) mass is 349 g/mol. The van der Waals surface area contributed by atoms with E-state index in [4.69, 9.17) is 0 Å². The normalized spacial score (nSPS) is 13.7. The van der Waals surface area contributed by atoms with Crippen molar-refractivity contribution in [2.24, 2.45) is 7.05 Å². The summed E-state index contributed by atoms with van der Waals surface area (Å²) in [7, 11) is 3.19. The number of methoxy groups -OCH3 is 1. The molecule has 1 unspecified atom stereocenters. The van der Waals surface area contributed by atoms with Gasteiger partial charge in [-0.1, -0.05) is 15.9 Å². The zero-order chi connectivity index (χ0) is 15.6. The fraction of sp³-hybridized carbons (Fsp3) is 0.400. The van der Waals surface area contributed by atoms with Crippen LogP contribution in [0.4, 0.5) is 0 Å². The third-order valence-corrected chi connectivity index (χ3v) is 4.13. The second-order valence-corrected chi connectivity index (χ2v) is 6.07. The van der Waals surface area contributed by atoms with Crippen molar-refractivity contribution in [1.29, 1.82) is 5.26 Å². The zero-order valence-electron chi connectivity index (χ0n) is 12.2. The molecule has 0 amide bonds. The Morgan fingerprint density at radius 1 is 1.57 bits per heavy atom. The number of benzene rings is 1. The van der Waals surface area contributed by atoms with E-state index in [1.807, 2.05) is 25.2 Å². The van der Waals surface area contributed by atoms with Crippen molar-refractivity contribution in [3.63, 3.8) is 0 Å². The highest BCUT2D eigenvalue weighted by Gasteiger charge is 2.32. The summed E-state index contributed by atoms with van der Waals surface area (Å²) in [6.07, 6.45) is 0.563. The molecule has 1 aromatic heterocycles. The number of rotatable bonds is 4. The number of ether oxygens (including phenoxy) is 1. The van der Waals surface area contributed by atoms with Crippen LogP contribution in [0.3, 0.4) is 0 Å². The average molecular weight is 350 g/mol. The highest BCUT2D eigenvalue weighted by molar-refractivity contribution is 9.10. The van der Waals surface area contributed by atoms with Crippen LogP contribution < -0.4 is 0 Å². The van der Waals surface area contributed by atoms with Gasteiger partial charge in [-0.25, -0.2) is 0 Å². The van der Waals surface area contributed by atoms with Crippen molar-refractivity contribution in [3.8, 4) is 6.07 Å². The van der Waals surface area contributed by atoms with E-state index in [2.05, 4.69) is 31.8 Å². The Kier molecular flexibility index (Phi) is 4.33. The highest BCUT2D eigenvalue weighted by atomic mass is 79.9. The Labute approximate surface area is 131 Å². The summed E-state index contributed by atoms with van der Waals surface area (Å²) in [4.78, 5) is 11.4. The lowest BCUT2D eigenvalue weighted by Crippen LogP contribution is -2.22. The minimum Gasteiger partial charge on any atom is -0.469 e. The van der Waals surface area contributed by atoms with Gasteiger partial charge in [0.25, 0.3) is 0 Å². The topological polar surface area (TPSA) is 67.9 Å². The first-order chi connectivity index (χ1) is 9.91. The summed E-state index contributed by atoms with van der Waals surface area (Å²) in [5.74, 6) is -0.320. The predicted octanol–water partition coefficient (Wildman–Crippen LogP) is 3.07. The van der Waals surface area contributed by atoms with Crippen LogP contribution in [0.1, 0.15) is 25.5 Å². The van der Waals surface area contributed by atoms with E-state index in [1.54, 1.807) is 11.6 Å². The molecule has 0 bridgehead atoms. The molecule has 5 nitrogen and oxygen atoms in total. The van der Waals surface area contributed by atoms with E-state index < -0.39 is 5.41 Å². The highest BCUT2D eigenvalue weighted by Crippen LogP contribution is 2.34. The Morgan fingerprint density at radius 2 is 2.29 bits per heavy atom. The van der Waals surface area contributed by atoms with E-state index in [0.717, 1.165) is 15.4 Å². The smallest absolute Gasteiger partial charge is 0.305 e. The van der Waals surface area contributed by atoms with E-state index in [-0.39, 0.29) is 12.4 Å². The van der Waals surface area contributed by atoms with Crippen molar-refractivity contribution < 1.29 is 9.53 Å². The average Bonchev–Trinajstić information content (AvgIpc) is 2.81. The molecular formula is C15H16BrN3O2. The molecule has 21 heavy (non-hydrogen) atoms. The first kappa shape index (κ1) is 15.5. The van der Waals surface area contributed by atoms with Crippen LogP contribution in [-0.2, 0) is 22.0 Å². The Balaban J connectivity index is 2.48. The SMILES string of the molecule is COC(=O)CCC(C)(C#N)c1nn(C)c2cc(Br)ccc12. The molecule has 6 heteroatoms. The molecule has 0 saturated carbocycles. The van der Waals surface area contributed by atoms with Gasteiger partial charge < -0.3 is 4.74 Å². The van der Waals surface area contributed by atoms with Crippen molar-refractivity contribution in [2.45, 2.75) is 25.2 Å². The molecule has 0 saturated heterocycles. The van der Waals surface area contributed by atoms with E-state index in [9.17, 15) is 10.1 Å². The van der Waals surface area contributed by atoms with Crippen molar-refractivity contribution in [2.75, 3.05) is 7.11 Å². The minimum absolute atomic E-state index is 0.190. The quantitative estimate of drug-likeness (QED) is 0.795. The van der Waals surface area contributed by atoms with E-state index in [1.165, 1.54) is 7.11 Å². The molecule has 2 rings (SSSR count). The number of hydrogen-bond donors (Lipinski definition) is 0. The van der Waals surface area contributed by atoms with Gasteiger partial charge in [-0.2, -0.15) is 10.4 Å². The van der Waals surface area contributed by atoms with Crippen LogP contribution in [0.25, 0.3) is 10.9 Å². The molecule has 0 aliphatic carbocycles. The molecule has 0 fully saturated rings. The number of hydrogen-bond acceptors (Lipinski definition) is 4. The number of carbonyl (C=O) groups is 1. The molecule has 1 atom stereocenters. The van der Waals surface area contributed by atoms with Gasteiger partial charge in [0.15, 0.2) is 0 Å². The maximum atomic E-state index is 11.4. The van der Waals surface area contributed by atoms with Gasteiger partial charge in [-0.3, -0.25) is 9.48 Å². The van der Waals surface area contributed by atoms with Crippen LogP contribution >= 0.6 is 15.9 Å². The molecule has 110 valence electrons. The van der Waals surface area contributed by atoms with E-state index in [0.29, 0.717) is 12.1 Å². The molecule has 0 spiro atoms. The third-order valence-electron chi connectivity index (χ3n) is 3.64. The van der Waals surface area contributed by atoms with Crippen molar-refractivity contribution in [1.82, 2.24) is 9.78 Å². The number of aromatic nitrogens is 2. The van der Waals surface area contributed by atoms with Crippen molar-refractivity contribution in [3.05, 3.63) is 28.4 Å². The molecule has 1 aromatic carbocycles. The second-order valence-electron chi connectivity index (χ2n) is 5.15. The number of nitriles is 1. The Bertz CT molecular complexity index is 732. The van der Waals surface area contributed by atoms with Gasteiger partial charge in [-0.15, -0.1) is 0 Å². The lowest BCUT2D eigenvalue weighted by atomic mass is 9.82. The minimum atomic E-state index is -0.832. The summed E-state index contributed by atoms with van der Waals surface area (Å²) in [6, 6.07) is 8.12. The summed E-state index contributed by atoms with van der Waals surface area (Å²) in [6.45, 7) is 1.81. The standard InChI is InChI=1S/C15H16BrN3O2/c1-15(9-17,7-6-13(20)21-3)14-11-5-4-10(16)8-12(11)19(2)18-14/h4-5,8H,6-7H2,1-3H3. The van der Waals surface area contributed by atoms with Crippen LogP contribution in [0.15, 0.2) is 22.7 Å². The van der Waals surface area contributed by atoms with Gasteiger partial charge in [0.1, 0.15) is 0 Å². The number of esters is 1. The second kappa shape index (κ2) is 5.86. The predicted molar refractivity (Wildman–Crippen MR) is 82.6 cm³/mol. The molecule has 0 aliphatic heterocycles. The Morgan fingerprint density at radius 3 is 2.90 bits per heavy atom. The number of carbonyl (C=O) groups excluding carboxylic acids is 1. The van der Waals surface area contributed by atoms with Crippen LogP contribution in [0.2, 0.25) is 0 Å². The van der Waals surface area contributed by atoms with E-state index >= 15 is 0 Å². The van der Waals surface area contributed by atoms with Gasteiger partial charge in [0.2, 0.25) is 0 Å². The van der Waals surface area contributed by atoms with Crippen LogP contribution in [-0.4, -0.2) is 22.9 Å². The van der Waals surface area contributed by atoms with Crippen LogP contribution in [0, 0.1) is 11.3 Å².